The van der Waals surface area contributed by atoms with Crippen LogP contribution in [0.3, 0.4) is 0 Å². The Hall–Kier alpha value is -2.51. The van der Waals surface area contributed by atoms with Crippen molar-refractivity contribution in [3.8, 4) is 5.75 Å². The van der Waals surface area contributed by atoms with Crippen molar-refractivity contribution in [2.75, 3.05) is 32.7 Å². The van der Waals surface area contributed by atoms with Gasteiger partial charge in [-0.25, -0.2) is 0 Å². The molecule has 150 valence electrons. The summed E-state index contributed by atoms with van der Waals surface area (Å²) >= 11 is 1.44. The van der Waals surface area contributed by atoms with E-state index >= 15 is 0 Å². The highest BCUT2D eigenvalue weighted by Crippen LogP contribution is 2.26. The van der Waals surface area contributed by atoms with Gasteiger partial charge in [0.1, 0.15) is 5.75 Å². The summed E-state index contributed by atoms with van der Waals surface area (Å²) in [7, 11) is 3.24. The van der Waals surface area contributed by atoms with Gasteiger partial charge in [-0.3, -0.25) is 9.59 Å². The molecular formula is C21H26N2O4S. The van der Waals surface area contributed by atoms with Gasteiger partial charge < -0.3 is 20.1 Å². The Morgan fingerprint density at radius 3 is 2.46 bits per heavy atom. The third-order valence-electron chi connectivity index (χ3n) is 3.98. The minimum atomic E-state index is -0.328. The van der Waals surface area contributed by atoms with Gasteiger partial charge in [0, 0.05) is 25.2 Å². The van der Waals surface area contributed by atoms with Crippen molar-refractivity contribution in [1.82, 2.24) is 5.32 Å². The lowest BCUT2D eigenvalue weighted by atomic mass is 10.1. The van der Waals surface area contributed by atoms with Crippen molar-refractivity contribution >= 4 is 29.3 Å². The van der Waals surface area contributed by atoms with Crippen LogP contribution in [-0.2, 0) is 9.53 Å². The molecule has 0 aliphatic rings. The van der Waals surface area contributed by atoms with Crippen molar-refractivity contribution in [2.45, 2.75) is 23.5 Å². The highest BCUT2D eigenvalue weighted by Gasteiger charge is 2.18. The van der Waals surface area contributed by atoms with E-state index in [0.29, 0.717) is 24.4 Å². The predicted octanol–water partition coefficient (Wildman–Crippen LogP) is 3.58. The Morgan fingerprint density at radius 1 is 1.07 bits per heavy atom. The number of carbonyl (C=O) groups excluding carboxylic acids is 2. The summed E-state index contributed by atoms with van der Waals surface area (Å²) in [4.78, 5) is 26.0. The second-order valence-corrected chi connectivity index (χ2v) is 7.49. The van der Waals surface area contributed by atoms with Crippen molar-refractivity contribution < 1.29 is 19.1 Å². The molecule has 2 N–H and O–H groups in total. The molecule has 0 aromatic heterocycles. The average molecular weight is 403 g/mol. The first-order chi connectivity index (χ1) is 13.5. The third kappa shape index (κ3) is 6.58. The normalized spacial score (nSPS) is 11.5. The number of thioether (sulfide) groups is 1. The summed E-state index contributed by atoms with van der Waals surface area (Å²) in [6.07, 6.45) is 0.728. The van der Waals surface area contributed by atoms with Crippen LogP contribution in [0.1, 0.15) is 23.7 Å². The van der Waals surface area contributed by atoms with E-state index in [4.69, 9.17) is 9.47 Å². The Bertz CT molecular complexity index is 780. The lowest BCUT2D eigenvalue weighted by Gasteiger charge is -2.15. The van der Waals surface area contributed by atoms with Crippen LogP contribution in [0.25, 0.3) is 0 Å². The first-order valence-corrected chi connectivity index (χ1v) is 9.91. The van der Waals surface area contributed by atoms with Gasteiger partial charge in [-0.1, -0.05) is 12.1 Å². The van der Waals surface area contributed by atoms with Crippen LogP contribution in [0.15, 0.2) is 53.4 Å². The summed E-state index contributed by atoms with van der Waals surface area (Å²) in [5.74, 6) is 0.384. The molecular weight excluding hydrogens is 376 g/mol. The second kappa shape index (κ2) is 11.4. The zero-order valence-electron chi connectivity index (χ0n) is 16.4. The van der Waals surface area contributed by atoms with E-state index in [1.165, 1.54) is 11.8 Å². The van der Waals surface area contributed by atoms with Crippen molar-refractivity contribution in [2.24, 2.45) is 0 Å². The van der Waals surface area contributed by atoms with Gasteiger partial charge in [0.05, 0.1) is 23.6 Å². The maximum Gasteiger partial charge on any atom is 0.253 e. The number of rotatable bonds is 10. The minimum absolute atomic E-state index is 0.166. The molecule has 0 radical (unpaired) electrons. The standard InChI is InChI=1S/C21H26N2O4S/c1-15(28-17-11-9-16(27-3)10-12-17)20(24)23-19-8-5-4-7-18(19)21(25)22-13-6-14-26-2/h4-5,7-12,15H,6,13-14H2,1-3H3,(H,22,25)(H,23,24). The van der Waals surface area contributed by atoms with Crippen LogP contribution in [0.4, 0.5) is 5.69 Å². The van der Waals surface area contributed by atoms with Gasteiger partial charge in [-0.05, 0) is 49.7 Å². The fourth-order valence-electron chi connectivity index (χ4n) is 2.45. The summed E-state index contributed by atoms with van der Waals surface area (Å²) in [6, 6.07) is 14.5. The fourth-order valence-corrected chi connectivity index (χ4v) is 3.32. The Morgan fingerprint density at radius 2 is 1.79 bits per heavy atom. The highest BCUT2D eigenvalue weighted by molar-refractivity contribution is 8.00. The number of carbonyl (C=O) groups is 2. The molecule has 6 nitrogen and oxygen atoms in total. The number of para-hydroxylation sites is 1. The predicted molar refractivity (Wildman–Crippen MR) is 112 cm³/mol. The number of amides is 2. The highest BCUT2D eigenvalue weighted by atomic mass is 32.2. The maximum absolute atomic E-state index is 12.6. The Labute approximate surface area is 170 Å². The molecule has 28 heavy (non-hydrogen) atoms. The average Bonchev–Trinajstić information content (AvgIpc) is 2.72. The minimum Gasteiger partial charge on any atom is -0.497 e. The largest absolute Gasteiger partial charge is 0.497 e. The van der Waals surface area contributed by atoms with Crippen LogP contribution in [0.2, 0.25) is 0 Å². The summed E-state index contributed by atoms with van der Waals surface area (Å²) in [5, 5.41) is 5.38. The molecule has 0 fully saturated rings. The third-order valence-corrected chi connectivity index (χ3v) is 5.09. The smallest absolute Gasteiger partial charge is 0.253 e. The number of benzene rings is 2. The zero-order valence-corrected chi connectivity index (χ0v) is 17.2. The zero-order chi connectivity index (χ0) is 20.4. The van der Waals surface area contributed by atoms with Gasteiger partial charge >= 0.3 is 0 Å². The number of anilines is 1. The van der Waals surface area contributed by atoms with Crippen molar-refractivity contribution in [3.05, 3.63) is 54.1 Å². The van der Waals surface area contributed by atoms with Crippen LogP contribution in [0.5, 0.6) is 5.75 Å². The number of nitrogens with one attached hydrogen (secondary N) is 2. The Kier molecular flexibility index (Phi) is 8.84. The second-order valence-electron chi connectivity index (χ2n) is 6.07. The number of methoxy groups -OCH3 is 2. The van der Waals surface area contributed by atoms with E-state index in [1.807, 2.05) is 31.2 Å². The van der Waals surface area contributed by atoms with Crippen LogP contribution in [-0.4, -0.2) is 44.4 Å². The Balaban J connectivity index is 1.97. The van der Waals surface area contributed by atoms with Gasteiger partial charge in [0.2, 0.25) is 5.91 Å². The molecule has 0 heterocycles. The van der Waals surface area contributed by atoms with Gasteiger partial charge in [0.15, 0.2) is 0 Å². The molecule has 2 aromatic rings. The lowest BCUT2D eigenvalue weighted by molar-refractivity contribution is -0.115. The van der Waals surface area contributed by atoms with E-state index in [0.717, 1.165) is 17.1 Å². The number of hydrogen-bond acceptors (Lipinski definition) is 5. The molecule has 0 spiro atoms. The van der Waals surface area contributed by atoms with Crippen molar-refractivity contribution in [1.29, 1.82) is 0 Å². The SMILES string of the molecule is COCCCNC(=O)c1ccccc1NC(=O)C(C)Sc1ccc(OC)cc1. The van der Waals surface area contributed by atoms with E-state index in [2.05, 4.69) is 10.6 Å². The van der Waals surface area contributed by atoms with E-state index in [1.54, 1.807) is 38.5 Å². The number of hydrogen-bond donors (Lipinski definition) is 2. The fraction of sp³-hybridized carbons (Fsp3) is 0.333. The number of ether oxygens (including phenoxy) is 2. The first kappa shape index (κ1) is 21.8. The van der Waals surface area contributed by atoms with E-state index < -0.39 is 0 Å². The molecule has 7 heteroatoms. The molecule has 0 bridgehead atoms. The topological polar surface area (TPSA) is 76.7 Å². The molecule has 0 aliphatic carbocycles. The van der Waals surface area contributed by atoms with Gasteiger partial charge in [0.25, 0.3) is 5.91 Å². The van der Waals surface area contributed by atoms with Crippen LogP contribution < -0.4 is 15.4 Å². The van der Waals surface area contributed by atoms with Crippen LogP contribution >= 0.6 is 11.8 Å². The van der Waals surface area contributed by atoms with Crippen LogP contribution in [0, 0.1) is 0 Å². The van der Waals surface area contributed by atoms with Gasteiger partial charge in [-0.2, -0.15) is 0 Å². The first-order valence-electron chi connectivity index (χ1n) is 9.03. The molecule has 2 amide bonds. The van der Waals surface area contributed by atoms with E-state index in [-0.39, 0.29) is 17.1 Å². The summed E-state index contributed by atoms with van der Waals surface area (Å²) < 4.78 is 10.1. The molecule has 1 unspecified atom stereocenters. The molecule has 0 aliphatic heterocycles. The molecule has 0 saturated heterocycles. The summed E-state index contributed by atoms with van der Waals surface area (Å²) in [6.45, 7) is 2.93. The lowest BCUT2D eigenvalue weighted by Crippen LogP contribution is -2.28. The monoisotopic (exact) mass is 402 g/mol. The van der Waals surface area contributed by atoms with Gasteiger partial charge in [-0.15, -0.1) is 11.8 Å². The summed E-state index contributed by atoms with van der Waals surface area (Å²) in [5.41, 5.74) is 0.939. The molecule has 1 atom stereocenters. The van der Waals surface area contributed by atoms with Crippen molar-refractivity contribution in [3.63, 3.8) is 0 Å². The molecule has 2 aromatic carbocycles. The van der Waals surface area contributed by atoms with E-state index in [9.17, 15) is 9.59 Å². The maximum atomic E-state index is 12.6. The molecule has 0 saturated carbocycles. The molecule has 2 rings (SSSR count). The quantitative estimate of drug-likeness (QED) is 0.469.